The normalized spacial score (nSPS) is 13.7. The van der Waals surface area contributed by atoms with Crippen LogP contribution >= 0.6 is 0 Å². The van der Waals surface area contributed by atoms with Gasteiger partial charge in [0.2, 0.25) is 0 Å². The van der Waals surface area contributed by atoms with E-state index in [9.17, 15) is 5.26 Å². The number of hydrogen-bond acceptors (Lipinski definition) is 5. The molecule has 1 N–H and O–H groups in total. The first-order valence-corrected chi connectivity index (χ1v) is 5.79. The zero-order valence-electron chi connectivity index (χ0n) is 9.72. The molecule has 88 valence electrons. The molecule has 0 fully saturated rings. The zero-order chi connectivity index (χ0) is 12.4. The van der Waals surface area contributed by atoms with Gasteiger partial charge in [-0.05, 0) is 12.1 Å². The van der Waals surface area contributed by atoms with Crippen molar-refractivity contribution in [2.45, 2.75) is 13.0 Å². The molecule has 5 heteroatoms. The summed E-state index contributed by atoms with van der Waals surface area (Å²) in [5.74, 6) is 0.584. The van der Waals surface area contributed by atoms with E-state index in [4.69, 9.17) is 0 Å². The van der Waals surface area contributed by atoms with Crippen LogP contribution in [0.1, 0.15) is 17.0 Å². The zero-order valence-corrected chi connectivity index (χ0v) is 9.72. The first kappa shape index (κ1) is 10.8. The molecule has 0 aliphatic carbocycles. The molecular formula is C13H11N5. The molecule has 0 unspecified atom stereocenters. The van der Waals surface area contributed by atoms with Gasteiger partial charge in [0.15, 0.2) is 5.82 Å². The summed E-state index contributed by atoms with van der Waals surface area (Å²) in [6.07, 6.45) is 4.25. The lowest BCUT2D eigenvalue weighted by atomic mass is 10.1. The van der Waals surface area contributed by atoms with Crippen molar-refractivity contribution >= 4 is 0 Å². The van der Waals surface area contributed by atoms with Crippen molar-refractivity contribution in [3.05, 3.63) is 41.5 Å². The molecule has 0 aromatic carbocycles. The number of fused-ring (bicyclic) bond motifs is 1. The first-order valence-electron chi connectivity index (χ1n) is 5.79. The van der Waals surface area contributed by atoms with Gasteiger partial charge >= 0.3 is 0 Å². The van der Waals surface area contributed by atoms with Crippen molar-refractivity contribution < 1.29 is 0 Å². The van der Waals surface area contributed by atoms with Crippen LogP contribution in [0.15, 0.2) is 24.5 Å². The summed E-state index contributed by atoms with van der Waals surface area (Å²) >= 11 is 0. The van der Waals surface area contributed by atoms with Gasteiger partial charge in [-0.15, -0.1) is 0 Å². The Morgan fingerprint density at radius 2 is 2.28 bits per heavy atom. The van der Waals surface area contributed by atoms with Crippen LogP contribution in [0.2, 0.25) is 0 Å². The highest BCUT2D eigenvalue weighted by atomic mass is 15.0. The molecule has 0 saturated carbocycles. The molecule has 3 heterocycles. The molecule has 0 spiro atoms. The fraction of sp³-hybridized carbons (Fsp3) is 0.231. The molecule has 3 rings (SSSR count). The predicted molar refractivity (Wildman–Crippen MR) is 65.4 cm³/mol. The largest absolute Gasteiger partial charge is 0.312 e. The summed E-state index contributed by atoms with van der Waals surface area (Å²) in [5.41, 5.74) is 3.21. The fourth-order valence-corrected chi connectivity index (χ4v) is 2.06. The third kappa shape index (κ3) is 1.83. The van der Waals surface area contributed by atoms with Crippen LogP contribution in [0.25, 0.3) is 11.4 Å². The summed E-state index contributed by atoms with van der Waals surface area (Å²) in [6.45, 7) is 1.56. The minimum absolute atomic E-state index is 0.464. The maximum atomic E-state index is 9.18. The quantitative estimate of drug-likeness (QED) is 0.802. The van der Waals surface area contributed by atoms with Gasteiger partial charge in [0.05, 0.1) is 5.69 Å². The van der Waals surface area contributed by atoms with Crippen molar-refractivity contribution in [2.75, 3.05) is 6.54 Å². The Balaban J connectivity index is 2.16. The van der Waals surface area contributed by atoms with E-state index in [2.05, 4.69) is 26.3 Å². The minimum atomic E-state index is 0.464. The molecule has 1 aliphatic rings. The monoisotopic (exact) mass is 237 g/mol. The lowest BCUT2D eigenvalue weighted by Crippen LogP contribution is -2.26. The predicted octanol–water partition coefficient (Wildman–Crippen LogP) is 1.06. The average Bonchev–Trinajstić information content (AvgIpc) is 2.47. The van der Waals surface area contributed by atoms with Crippen molar-refractivity contribution in [3.63, 3.8) is 0 Å². The fourth-order valence-electron chi connectivity index (χ4n) is 2.06. The Morgan fingerprint density at radius 1 is 1.33 bits per heavy atom. The number of aromatic nitrogens is 3. The molecular weight excluding hydrogens is 226 g/mol. The van der Waals surface area contributed by atoms with E-state index in [1.807, 2.05) is 12.1 Å². The van der Waals surface area contributed by atoms with Gasteiger partial charge in [0.25, 0.3) is 0 Å². The van der Waals surface area contributed by atoms with Crippen molar-refractivity contribution in [1.82, 2.24) is 20.3 Å². The van der Waals surface area contributed by atoms with Crippen LogP contribution in [-0.2, 0) is 13.0 Å². The van der Waals surface area contributed by atoms with Crippen molar-refractivity contribution in [3.8, 4) is 17.5 Å². The topological polar surface area (TPSA) is 74.5 Å². The van der Waals surface area contributed by atoms with E-state index in [1.54, 1.807) is 12.4 Å². The third-order valence-electron chi connectivity index (χ3n) is 2.96. The molecule has 0 atom stereocenters. The van der Waals surface area contributed by atoms with E-state index in [-0.39, 0.29) is 0 Å². The van der Waals surface area contributed by atoms with Gasteiger partial charge < -0.3 is 5.32 Å². The summed E-state index contributed by atoms with van der Waals surface area (Å²) in [7, 11) is 0. The van der Waals surface area contributed by atoms with Gasteiger partial charge in [-0.1, -0.05) is 0 Å². The number of nitrogens with zero attached hydrogens (tertiary/aromatic N) is 4. The second-order valence-electron chi connectivity index (χ2n) is 4.10. The smallest absolute Gasteiger partial charge is 0.162 e. The van der Waals surface area contributed by atoms with Gasteiger partial charge in [0, 0.05) is 43.0 Å². The number of nitriles is 1. The highest BCUT2D eigenvalue weighted by Crippen LogP contribution is 2.20. The first-order chi connectivity index (χ1) is 8.88. The highest BCUT2D eigenvalue weighted by Gasteiger charge is 2.17. The maximum absolute atomic E-state index is 9.18. The Bertz CT molecular complexity index is 615. The molecule has 1 aliphatic heterocycles. The van der Waals surface area contributed by atoms with Crippen LogP contribution < -0.4 is 5.32 Å². The van der Waals surface area contributed by atoms with Gasteiger partial charge in [-0.2, -0.15) is 5.26 Å². The second kappa shape index (κ2) is 4.51. The number of rotatable bonds is 1. The average molecular weight is 237 g/mol. The summed E-state index contributed by atoms with van der Waals surface area (Å²) < 4.78 is 0. The molecule has 0 bridgehead atoms. The van der Waals surface area contributed by atoms with E-state index >= 15 is 0 Å². The van der Waals surface area contributed by atoms with Crippen molar-refractivity contribution in [2.24, 2.45) is 0 Å². The molecule has 0 saturated heterocycles. The number of pyridine rings is 1. The lowest BCUT2D eigenvalue weighted by Gasteiger charge is -2.17. The van der Waals surface area contributed by atoms with E-state index < -0.39 is 0 Å². The van der Waals surface area contributed by atoms with Crippen LogP contribution in [0.3, 0.4) is 0 Å². The molecule has 0 radical (unpaired) electrons. The second-order valence-corrected chi connectivity index (χ2v) is 4.10. The van der Waals surface area contributed by atoms with Gasteiger partial charge in [0.1, 0.15) is 11.8 Å². The van der Waals surface area contributed by atoms with Gasteiger partial charge in [-0.3, -0.25) is 4.98 Å². The Morgan fingerprint density at radius 3 is 3.06 bits per heavy atom. The third-order valence-corrected chi connectivity index (χ3v) is 2.96. The SMILES string of the molecule is N#Cc1nc(-c2cccnc2)nc2c1CNCC2. The molecule has 0 amide bonds. The van der Waals surface area contributed by atoms with Crippen LogP contribution in [0.5, 0.6) is 0 Å². The standard InChI is InChI=1S/C13H11N5/c14-6-12-10-8-16-5-3-11(10)17-13(18-12)9-2-1-4-15-7-9/h1-2,4,7,16H,3,5,8H2. The Labute approximate surface area is 105 Å². The summed E-state index contributed by atoms with van der Waals surface area (Å²) in [4.78, 5) is 12.9. The van der Waals surface area contributed by atoms with Crippen LogP contribution in [0.4, 0.5) is 0 Å². The number of hydrogen-bond donors (Lipinski definition) is 1. The minimum Gasteiger partial charge on any atom is -0.312 e. The molecule has 2 aromatic rings. The Kier molecular flexibility index (Phi) is 2.71. The van der Waals surface area contributed by atoms with Crippen molar-refractivity contribution in [1.29, 1.82) is 5.26 Å². The van der Waals surface area contributed by atoms with E-state index in [0.29, 0.717) is 18.1 Å². The maximum Gasteiger partial charge on any atom is 0.162 e. The summed E-state index contributed by atoms with van der Waals surface area (Å²) in [6, 6.07) is 5.89. The summed E-state index contributed by atoms with van der Waals surface area (Å²) in [5, 5.41) is 12.4. The highest BCUT2D eigenvalue weighted by molar-refractivity contribution is 5.55. The molecule has 18 heavy (non-hydrogen) atoms. The number of nitrogens with one attached hydrogen (secondary N) is 1. The Hall–Kier alpha value is -2.32. The van der Waals surface area contributed by atoms with Gasteiger partial charge in [-0.25, -0.2) is 9.97 Å². The lowest BCUT2D eigenvalue weighted by molar-refractivity contribution is 0.624. The van der Waals surface area contributed by atoms with E-state index in [0.717, 1.165) is 29.8 Å². The van der Waals surface area contributed by atoms with Crippen LogP contribution in [0, 0.1) is 11.3 Å². The van der Waals surface area contributed by atoms with E-state index in [1.165, 1.54) is 0 Å². The molecule has 5 nitrogen and oxygen atoms in total. The molecule has 2 aromatic heterocycles. The van der Waals surface area contributed by atoms with Crippen LogP contribution in [-0.4, -0.2) is 21.5 Å².